The van der Waals surface area contributed by atoms with E-state index in [0.717, 1.165) is 6.07 Å². The number of aliphatic hydroxyl groups is 1. The average molecular weight is 280 g/mol. The van der Waals surface area contributed by atoms with Gasteiger partial charge < -0.3 is 9.84 Å². The monoisotopic (exact) mass is 280 g/mol. The van der Waals surface area contributed by atoms with Gasteiger partial charge in [0.15, 0.2) is 0 Å². The molecule has 0 aliphatic carbocycles. The molecular formula is C13H16F4O2. The number of hydrogen-bond acceptors (Lipinski definition) is 2. The number of hydrogen-bond donors (Lipinski definition) is 1. The smallest absolute Gasteiger partial charge is 0.385 e. The van der Waals surface area contributed by atoms with Crippen LogP contribution in [0.2, 0.25) is 0 Å². The molecule has 0 aliphatic heterocycles. The molecule has 2 nitrogen and oxygen atoms in total. The number of benzene rings is 1. The summed E-state index contributed by atoms with van der Waals surface area (Å²) in [6, 6.07) is 2.36. The second-order valence-corrected chi connectivity index (χ2v) is 4.68. The minimum absolute atomic E-state index is 0.0453. The van der Waals surface area contributed by atoms with Gasteiger partial charge >= 0.3 is 6.18 Å². The summed E-state index contributed by atoms with van der Waals surface area (Å²) in [6.45, 7) is 5.21. The number of rotatable bonds is 4. The van der Waals surface area contributed by atoms with Crippen LogP contribution in [0.3, 0.4) is 0 Å². The summed E-state index contributed by atoms with van der Waals surface area (Å²) in [7, 11) is 0. The molecule has 6 heteroatoms. The number of ether oxygens (including phenoxy) is 1. The Hall–Kier alpha value is -1.14. The van der Waals surface area contributed by atoms with Gasteiger partial charge in [-0.15, -0.1) is 0 Å². The van der Waals surface area contributed by atoms with Crippen LogP contribution in [0, 0.1) is 5.82 Å². The molecule has 0 amide bonds. The van der Waals surface area contributed by atoms with Gasteiger partial charge in [0, 0.05) is 6.61 Å². The molecule has 1 aromatic carbocycles. The van der Waals surface area contributed by atoms with E-state index in [1.807, 2.05) is 0 Å². The van der Waals surface area contributed by atoms with Gasteiger partial charge in [-0.05, 0) is 38.5 Å². The standard InChI is InChI=1S/C13H16F4O2/c1-4-19-12(2,3)11(18)8-5-6-9(10(14)7-8)13(15,16)17/h5-7,11,18H,4H2,1-3H3. The molecule has 1 aromatic rings. The van der Waals surface area contributed by atoms with Crippen LogP contribution in [0.1, 0.15) is 38.0 Å². The highest BCUT2D eigenvalue weighted by atomic mass is 19.4. The molecule has 0 saturated heterocycles. The zero-order valence-electron chi connectivity index (χ0n) is 10.9. The van der Waals surface area contributed by atoms with E-state index in [1.54, 1.807) is 20.8 Å². The van der Waals surface area contributed by atoms with Crippen LogP contribution in [-0.4, -0.2) is 17.3 Å². The summed E-state index contributed by atoms with van der Waals surface area (Å²) in [5, 5.41) is 10.0. The lowest BCUT2D eigenvalue weighted by Gasteiger charge is -2.30. The third-order valence-corrected chi connectivity index (χ3v) is 2.79. The molecule has 0 aromatic heterocycles. The molecule has 0 saturated carbocycles. The maximum Gasteiger partial charge on any atom is 0.419 e. The zero-order valence-corrected chi connectivity index (χ0v) is 10.9. The number of aliphatic hydroxyl groups excluding tert-OH is 1. The van der Waals surface area contributed by atoms with Crippen molar-refractivity contribution in [2.75, 3.05) is 6.61 Å². The lowest BCUT2D eigenvalue weighted by molar-refractivity contribution is -0.140. The van der Waals surface area contributed by atoms with Crippen LogP contribution in [0.4, 0.5) is 17.6 Å². The Kier molecular flexibility index (Phi) is 4.58. The highest BCUT2D eigenvalue weighted by Gasteiger charge is 2.36. The van der Waals surface area contributed by atoms with Crippen LogP contribution in [-0.2, 0) is 10.9 Å². The molecule has 19 heavy (non-hydrogen) atoms. The Balaban J connectivity index is 3.08. The Labute approximate surface area is 109 Å². The Morgan fingerprint density at radius 3 is 2.26 bits per heavy atom. The summed E-state index contributed by atoms with van der Waals surface area (Å²) < 4.78 is 55.9. The summed E-state index contributed by atoms with van der Waals surface area (Å²) in [5.41, 5.74) is -2.32. The quantitative estimate of drug-likeness (QED) is 0.852. The van der Waals surface area contributed by atoms with Gasteiger partial charge in [0.05, 0.1) is 11.2 Å². The first-order chi connectivity index (χ1) is 8.59. The highest BCUT2D eigenvalue weighted by molar-refractivity contribution is 5.29. The second kappa shape index (κ2) is 5.46. The van der Waals surface area contributed by atoms with Crippen LogP contribution in [0.5, 0.6) is 0 Å². The first-order valence-corrected chi connectivity index (χ1v) is 5.78. The summed E-state index contributed by atoms with van der Waals surface area (Å²) in [5.74, 6) is -1.41. The van der Waals surface area contributed by atoms with E-state index in [9.17, 15) is 22.7 Å². The SMILES string of the molecule is CCOC(C)(C)C(O)c1ccc(C(F)(F)F)c(F)c1. The van der Waals surface area contributed by atoms with Crippen molar-refractivity contribution in [2.45, 2.75) is 38.7 Å². The Morgan fingerprint density at radius 1 is 1.26 bits per heavy atom. The number of alkyl halides is 3. The molecule has 1 atom stereocenters. The average Bonchev–Trinajstić information content (AvgIpc) is 2.26. The lowest BCUT2D eigenvalue weighted by Crippen LogP contribution is -2.33. The summed E-state index contributed by atoms with van der Waals surface area (Å²) in [4.78, 5) is 0. The molecule has 0 fully saturated rings. The second-order valence-electron chi connectivity index (χ2n) is 4.68. The predicted molar refractivity (Wildman–Crippen MR) is 62.1 cm³/mol. The van der Waals surface area contributed by atoms with Gasteiger partial charge in [-0.1, -0.05) is 6.07 Å². The van der Waals surface area contributed by atoms with Crippen LogP contribution >= 0.6 is 0 Å². The molecule has 0 bridgehead atoms. The van der Waals surface area contributed by atoms with Crippen molar-refractivity contribution >= 4 is 0 Å². The summed E-state index contributed by atoms with van der Waals surface area (Å²) in [6.07, 6.45) is -5.97. The molecule has 0 heterocycles. The van der Waals surface area contributed by atoms with Crippen molar-refractivity contribution in [3.63, 3.8) is 0 Å². The molecular weight excluding hydrogens is 264 g/mol. The van der Waals surface area contributed by atoms with Crippen molar-refractivity contribution in [3.05, 3.63) is 35.1 Å². The zero-order chi connectivity index (χ0) is 14.8. The van der Waals surface area contributed by atoms with Crippen molar-refractivity contribution in [2.24, 2.45) is 0 Å². The topological polar surface area (TPSA) is 29.5 Å². The Bertz CT molecular complexity index is 441. The minimum atomic E-state index is -4.75. The molecule has 1 rings (SSSR count). The van der Waals surface area contributed by atoms with Crippen molar-refractivity contribution in [1.82, 2.24) is 0 Å². The van der Waals surface area contributed by atoms with Gasteiger partial charge in [0.25, 0.3) is 0 Å². The first kappa shape index (κ1) is 15.9. The van der Waals surface area contributed by atoms with Crippen LogP contribution in [0.15, 0.2) is 18.2 Å². The largest absolute Gasteiger partial charge is 0.419 e. The Morgan fingerprint density at radius 2 is 1.84 bits per heavy atom. The maximum absolute atomic E-state index is 13.4. The predicted octanol–water partition coefficient (Wildman–Crippen LogP) is 3.69. The van der Waals surface area contributed by atoms with Gasteiger partial charge in [-0.3, -0.25) is 0 Å². The van der Waals surface area contributed by atoms with E-state index in [2.05, 4.69) is 0 Å². The molecule has 0 spiro atoms. The van der Waals surface area contributed by atoms with Gasteiger partial charge in [-0.2, -0.15) is 13.2 Å². The van der Waals surface area contributed by atoms with Crippen LogP contribution in [0.25, 0.3) is 0 Å². The van der Waals surface area contributed by atoms with Crippen molar-refractivity contribution < 1.29 is 27.4 Å². The third kappa shape index (κ3) is 3.67. The van der Waals surface area contributed by atoms with E-state index in [-0.39, 0.29) is 5.56 Å². The molecule has 0 aliphatic rings. The van der Waals surface area contributed by atoms with Crippen molar-refractivity contribution in [3.8, 4) is 0 Å². The number of halogens is 4. The van der Waals surface area contributed by atoms with E-state index in [4.69, 9.17) is 4.74 Å². The fraction of sp³-hybridized carbons (Fsp3) is 0.538. The molecule has 1 unspecified atom stereocenters. The highest BCUT2D eigenvalue weighted by Crippen LogP contribution is 2.34. The van der Waals surface area contributed by atoms with Gasteiger partial charge in [-0.25, -0.2) is 4.39 Å². The van der Waals surface area contributed by atoms with Crippen LogP contribution < -0.4 is 0 Å². The van der Waals surface area contributed by atoms with Crippen molar-refractivity contribution in [1.29, 1.82) is 0 Å². The van der Waals surface area contributed by atoms with E-state index in [1.165, 1.54) is 0 Å². The summed E-state index contributed by atoms with van der Waals surface area (Å²) >= 11 is 0. The van der Waals surface area contributed by atoms with E-state index < -0.39 is 29.3 Å². The van der Waals surface area contributed by atoms with Gasteiger partial charge in [0.1, 0.15) is 11.9 Å². The first-order valence-electron chi connectivity index (χ1n) is 5.78. The van der Waals surface area contributed by atoms with E-state index in [0.29, 0.717) is 18.7 Å². The normalized spacial score (nSPS) is 14.5. The lowest BCUT2D eigenvalue weighted by atomic mass is 9.93. The molecule has 0 radical (unpaired) electrons. The molecule has 108 valence electrons. The molecule has 1 N–H and O–H groups in total. The maximum atomic E-state index is 13.4. The third-order valence-electron chi connectivity index (χ3n) is 2.79. The minimum Gasteiger partial charge on any atom is -0.385 e. The van der Waals surface area contributed by atoms with Gasteiger partial charge in [0.2, 0.25) is 0 Å². The van der Waals surface area contributed by atoms with E-state index >= 15 is 0 Å². The fourth-order valence-electron chi connectivity index (χ4n) is 1.78. The fourth-order valence-corrected chi connectivity index (χ4v) is 1.78.